The van der Waals surface area contributed by atoms with Crippen LogP contribution in [-0.2, 0) is 4.74 Å². The van der Waals surface area contributed by atoms with Gasteiger partial charge in [-0.1, -0.05) is 76.9 Å². The molecule has 0 radical (unpaired) electrons. The molecule has 0 amide bonds. The summed E-state index contributed by atoms with van der Waals surface area (Å²) in [6, 6.07) is 2.17. The second-order valence-corrected chi connectivity index (χ2v) is 7.94. The zero-order valence-electron chi connectivity index (χ0n) is 18.6. The minimum absolute atomic E-state index is 0.0207. The van der Waals surface area contributed by atoms with E-state index >= 15 is 0 Å². The van der Waals surface area contributed by atoms with E-state index in [1.807, 2.05) is 0 Å². The number of aromatic hydroxyl groups is 3. The zero-order valence-corrected chi connectivity index (χ0v) is 18.6. The second kappa shape index (κ2) is 16.6. The predicted molar refractivity (Wildman–Crippen MR) is 121 cm³/mol. The molecule has 0 atom stereocenters. The summed E-state index contributed by atoms with van der Waals surface area (Å²) in [5.41, 5.74) is 0.0207. The number of unbranched alkanes of at least 4 members (excludes halogenated alkanes) is 12. The summed E-state index contributed by atoms with van der Waals surface area (Å²) in [5.74, 6) is -2.34. The zero-order chi connectivity index (χ0) is 22.0. The maximum atomic E-state index is 11.9. The normalized spacial score (nSPS) is 11.2. The average molecular weight is 421 g/mol. The Balaban J connectivity index is 1.93. The van der Waals surface area contributed by atoms with Gasteiger partial charge in [-0.3, -0.25) is 0 Å². The number of hydrogen-bond acceptors (Lipinski definition) is 5. The molecule has 0 bridgehead atoms. The third-order valence-corrected chi connectivity index (χ3v) is 5.19. The van der Waals surface area contributed by atoms with Gasteiger partial charge in [-0.15, -0.1) is 0 Å². The first kappa shape index (κ1) is 25.9. The Bertz CT molecular complexity index is 601. The van der Waals surface area contributed by atoms with Crippen LogP contribution >= 0.6 is 0 Å². The van der Waals surface area contributed by atoms with Gasteiger partial charge < -0.3 is 20.1 Å². The highest BCUT2D eigenvalue weighted by Crippen LogP contribution is 2.35. The Labute approximate surface area is 181 Å². The summed E-state index contributed by atoms with van der Waals surface area (Å²) in [6.07, 6.45) is 21.7. The van der Waals surface area contributed by atoms with Crippen LogP contribution in [0.2, 0.25) is 0 Å². The summed E-state index contributed by atoms with van der Waals surface area (Å²) in [7, 11) is 0. The smallest absolute Gasteiger partial charge is 0.338 e. The van der Waals surface area contributed by atoms with Gasteiger partial charge in [0.15, 0.2) is 17.2 Å². The van der Waals surface area contributed by atoms with Gasteiger partial charge in [0.05, 0.1) is 12.2 Å². The van der Waals surface area contributed by atoms with Crippen molar-refractivity contribution in [3.05, 3.63) is 29.8 Å². The molecule has 0 aliphatic rings. The number of rotatable bonds is 17. The fraction of sp³-hybridized carbons (Fsp3) is 0.640. The van der Waals surface area contributed by atoms with E-state index in [-0.39, 0.29) is 5.56 Å². The fourth-order valence-electron chi connectivity index (χ4n) is 3.32. The molecule has 0 unspecified atom stereocenters. The summed E-state index contributed by atoms with van der Waals surface area (Å²) >= 11 is 0. The lowest BCUT2D eigenvalue weighted by Gasteiger charge is -2.07. The van der Waals surface area contributed by atoms with Crippen LogP contribution in [0.3, 0.4) is 0 Å². The molecule has 5 heteroatoms. The van der Waals surface area contributed by atoms with E-state index < -0.39 is 23.2 Å². The molecule has 0 aliphatic carbocycles. The van der Waals surface area contributed by atoms with E-state index in [1.54, 1.807) is 0 Å². The fourth-order valence-corrected chi connectivity index (χ4v) is 3.32. The first-order chi connectivity index (χ1) is 14.6. The molecule has 1 rings (SSSR count). The second-order valence-electron chi connectivity index (χ2n) is 7.94. The van der Waals surface area contributed by atoms with Gasteiger partial charge in [0.2, 0.25) is 0 Å². The van der Waals surface area contributed by atoms with Crippen LogP contribution in [0.1, 0.15) is 107 Å². The first-order valence-electron chi connectivity index (χ1n) is 11.6. The Morgan fingerprint density at radius 1 is 0.767 bits per heavy atom. The van der Waals surface area contributed by atoms with Gasteiger partial charge in [0, 0.05) is 0 Å². The average Bonchev–Trinajstić information content (AvgIpc) is 2.73. The van der Waals surface area contributed by atoms with Crippen LogP contribution in [0.5, 0.6) is 17.2 Å². The van der Waals surface area contributed by atoms with E-state index in [0.717, 1.165) is 31.4 Å². The van der Waals surface area contributed by atoms with Crippen molar-refractivity contribution >= 4 is 5.97 Å². The summed E-state index contributed by atoms with van der Waals surface area (Å²) in [5, 5.41) is 28.1. The van der Waals surface area contributed by atoms with Crippen molar-refractivity contribution in [2.75, 3.05) is 6.61 Å². The molecule has 1 aromatic rings. The molecule has 0 spiro atoms. The molecular formula is C25H40O5. The van der Waals surface area contributed by atoms with Crippen molar-refractivity contribution in [3.63, 3.8) is 0 Å². The number of phenolic OH excluding ortho intramolecular Hbond substituents is 3. The van der Waals surface area contributed by atoms with E-state index in [9.17, 15) is 20.1 Å². The highest BCUT2D eigenvalue weighted by atomic mass is 16.5. The summed E-state index contributed by atoms with van der Waals surface area (Å²) in [4.78, 5) is 11.9. The minimum Gasteiger partial charge on any atom is -0.504 e. The Kier molecular flexibility index (Phi) is 14.3. The molecule has 170 valence electrons. The standard InChI is InChI=1S/C25H40O5/c1-2-3-4-5-6-7-8-9-10-11-12-13-14-15-16-17-18-30-25(29)21-19-22(26)24(28)23(27)20-21/h9-10,19-20,26-28H,2-8,11-18H2,1H3/b10-9+. The summed E-state index contributed by atoms with van der Waals surface area (Å²) < 4.78 is 5.15. The van der Waals surface area contributed by atoms with Crippen LogP contribution in [0.4, 0.5) is 0 Å². The molecule has 3 N–H and O–H groups in total. The van der Waals surface area contributed by atoms with Gasteiger partial charge in [-0.25, -0.2) is 4.79 Å². The van der Waals surface area contributed by atoms with Gasteiger partial charge in [-0.05, 0) is 44.2 Å². The molecule has 0 saturated carbocycles. The molecule has 0 saturated heterocycles. The first-order valence-corrected chi connectivity index (χ1v) is 11.6. The van der Waals surface area contributed by atoms with Crippen molar-refractivity contribution in [2.24, 2.45) is 0 Å². The lowest BCUT2D eigenvalue weighted by atomic mass is 10.1. The van der Waals surface area contributed by atoms with Crippen LogP contribution in [0, 0.1) is 0 Å². The monoisotopic (exact) mass is 420 g/mol. The predicted octanol–water partition coefficient (Wildman–Crippen LogP) is 7.00. The lowest BCUT2D eigenvalue weighted by molar-refractivity contribution is 0.0496. The highest BCUT2D eigenvalue weighted by Gasteiger charge is 2.14. The van der Waals surface area contributed by atoms with Crippen molar-refractivity contribution in [1.82, 2.24) is 0 Å². The van der Waals surface area contributed by atoms with Crippen molar-refractivity contribution in [3.8, 4) is 17.2 Å². The number of ether oxygens (including phenoxy) is 1. The SMILES string of the molecule is CCCCCCCC/C=C/CCCCCCCCOC(=O)c1cc(O)c(O)c(O)c1. The van der Waals surface area contributed by atoms with Gasteiger partial charge in [-0.2, -0.15) is 0 Å². The third kappa shape index (κ3) is 11.7. The number of benzene rings is 1. The molecule has 5 nitrogen and oxygen atoms in total. The van der Waals surface area contributed by atoms with E-state index in [1.165, 1.54) is 70.6 Å². The van der Waals surface area contributed by atoms with Crippen molar-refractivity contribution in [1.29, 1.82) is 0 Å². The van der Waals surface area contributed by atoms with Crippen LogP contribution < -0.4 is 0 Å². The van der Waals surface area contributed by atoms with E-state index in [4.69, 9.17) is 4.74 Å². The highest BCUT2D eigenvalue weighted by molar-refractivity contribution is 5.91. The Morgan fingerprint density at radius 2 is 1.23 bits per heavy atom. The topological polar surface area (TPSA) is 87.0 Å². The molecular weight excluding hydrogens is 380 g/mol. The van der Waals surface area contributed by atoms with Crippen LogP contribution in [0.25, 0.3) is 0 Å². The maximum Gasteiger partial charge on any atom is 0.338 e. The molecule has 1 aromatic carbocycles. The number of esters is 1. The van der Waals surface area contributed by atoms with Crippen molar-refractivity contribution in [2.45, 2.75) is 96.8 Å². The lowest BCUT2D eigenvalue weighted by Crippen LogP contribution is -2.06. The molecule has 0 aromatic heterocycles. The minimum atomic E-state index is -0.639. The number of hydrogen-bond donors (Lipinski definition) is 3. The quantitative estimate of drug-likeness (QED) is 0.109. The number of carbonyl (C=O) groups is 1. The molecule has 0 fully saturated rings. The Morgan fingerprint density at radius 3 is 1.77 bits per heavy atom. The number of carbonyl (C=O) groups excluding carboxylic acids is 1. The van der Waals surface area contributed by atoms with Crippen LogP contribution in [0.15, 0.2) is 24.3 Å². The Hall–Kier alpha value is -2.17. The largest absolute Gasteiger partial charge is 0.504 e. The number of allylic oxidation sites excluding steroid dienone is 2. The molecule has 0 aliphatic heterocycles. The maximum absolute atomic E-state index is 11.9. The molecule has 0 heterocycles. The van der Waals surface area contributed by atoms with Crippen molar-refractivity contribution < 1.29 is 24.9 Å². The van der Waals surface area contributed by atoms with Gasteiger partial charge in [0.1, 0.15) is 0 Å². The van der Waals surface area contributed by atoms with Gasteiger partial charge in [0.25, 0.3) is 0 Å². The summed E-state index contributed by atoms with van der Waals surface area (Å²) in [6.45, 7) is 2.56. The van der Waals surface area contributed by atoms with Crippen LogP contribution in [-0.4, -0.2) is 27.9 Å². The third-order valence-electron chi connectivity index (χ3n) is 5.19. The van der Waals surface area contributed by atoms with E-state index in [2.05, 4.69) is 19.1 Å². The van der Waals surface area contributed by atoms with Gasteiger partial charge >= 0.3 is 5.97 Å². The molecule has 30 heavy (non-hydrogen) atoms. The van der Waals surface area contributed by atoms with E-state index in [0.29, 0.717) is 6.61 Å². The number of phenols is 3.